The van der Waals surface area contributed by atoms with E-state index < -0.39 is 5.97 Å². The molecule has 1 aliphatic heterocycles. The SMILES string of the molecule is COC(=O)c1[nH]c2ccc(Cl)cc2c1NC(=O)C(C)N1CCN(C/C=C/c2ccccc2)CC1. The summed E-state index contributed by atoms with van der Waals surface area (Å²) in [6.07, 6.45) is 4.31. The lowest BCUT2D eigenvalue weighted by Crippen LogP contribution is -2.52. The summed E-state index contributed by atoms with van der Waals surface area (Å²) in [7, 11) is 1.31. The van der Waals surface area contributed by atoms with Crippen molar-refractivity contribution in [3.8, 4) is 0 Å². The molecule has 2 heterocycles. The number of methoxy groups -OCH3 is 1. The summed E-state index contributed by atoms with van der Waals surface area (Å²) in [6, 6.07) is 15.1. The van der Waals surface area contributed by atoms with Crippen molar-refractivity contribution in [1.82, 2.24) is 14.8 Å². The van der Waals surface area contributed by atoms with Crippen molar-refractivity contribution in [2.24, 2.45) is 0 Å². The van der Waals surface area contributed by atoms with Crippen LogP contribution in [0.1, 0.15) is 23.0 Å². The van der Waals surface area contributed by atoms with Gasteiger partial charge in [0.15, 0.2) is 0 Å². The molecule has 178 valence electrons. The molecule has 0 radical (unpaired) electrons. The minimum Gasteiger partial charge on any atom is -0.464 e. The zero-order valence-corrected chi connectivity index (χ0v) is 20.1. The lowest BCUT2D eigenvalue weighted by molar-refractivity contribution is -0.121. The average Bonchev–Trinajstić information content (AvgIpc) is 3.21. The summed E-state index contributed by atoms with van der Waals surface area (Å²) in [5, 5.41) is 4.13. The number of halogens is 1. The lowest BCUT2D eigenvalue weighted by Gasteiger charge is -2.37. The van der Waals surface area contributed by atoms with E-state index in [1.807, 2.05) is 25.1 Å². The smallest absolute Gasteiger partial charge is 0.356 e. The zero-order chi connectivity index (χ0) is 24.1. The molecule has 1 fully saturated rings. The van der Waals surface area contributed by atoms with Crippen molar-refractivity contribution in [2.75, 3.05) is 45.2 Å². The highest BCUT2D eigenvalue weighted by molar-refractivity contribution is 6.31. The topological polar surface area (TPSA) is 77.7 Å². The Morgan fingerprint density at radius 2 is 1.88 bits per heavy atom. The van der Waals surface area contributed by atoms with Gasteiger partial charge in [-0.1, -0.05) is 54.1 Å². The van der Waals surface area contributed by atoms with Gasteiger partial charge in [0.25, 0.3) is 0 Å². The Hall–Kier alpha value is -3.13. The molecule has 1 saturated heterocycles. The normalized spacial score (nSPS) is 16.1. The highest BCUT2D eigenvalue weighted by Gasteiger charge is 2.27. The molecule has 2 aromatic carbocycles. The fraction of sp³-hybridized carbons (Fsp3) is 0.308. The molecule has 8 heteroatoms. The number of nitrogens with zero attached hydrogens (tertiary/aromatic N) is 2. The monoisotopic (exact) mass is 480 g/mol. The van der Waals surface area contributed by atoms with E-state index in [-0.39, 0.29) is 17.6 Å². The van der Waals surface area contributed by atoms with Gasteiger partial charge in [0, 0.05) is 48.6 Å². The average molecular weight is 481 g/mol. The number of benzene rings is 2. The van der Waals surface area contributed by atoms with Gasteiger partial charge in [0.2, 0.25) is 5.91 Å². The Morgan fingerprint density at radius 3 is 2.59 bits per heavy atom. The Bertz CT molecular complexity index is 1180. The number of amides is 1. The number of rotatable bonds is 7. The Morgan fingerprint density at radius 1 is 1.15 bits per heavy atom. The first-order chi connectivity index (χ1) is 16.5. The maximum atomic E-state index is 13.1. The van der Waals surface area contributed by atoms with E-state index in [9.17, 15) is 9.59 Å². The Balaban J connectivity index is 1.37. The third-order valence-electron chi connectivity index (χ3n) is 6.21. The van der Waals surface area contributed by atoms with Gasteiger partial charge in [-0.3, -0.25) is 14.6 Å². The summed E-state index contributed by atoms with van der Waals surface area (Å²) in [5.41, 5.74) is 2.49. The van der Waals surface area contributed by atoms with Crippen LogP contribution in [0.2, 0.25) is 5.02 Å². The second-order valence-electron chi connectivity index (χ2n) is 8.37. The number of piperazine rings is 1. The van der Waals surface area contributed by atoms with Crippen molar-refractivity contribution < 1.29 is 14.3 Å². The molecule has 1 atom stereocenters. The molecule has 4 rings (SSSR count). The second-order valence-corrected chi connectivity index (χ2v) is 8.81. The van der Waals surface area contributed by atoms with Gasteiger partial charge in [-0.25, -0.2) is 4.79 Å². The molecule has 34 heavy (non-hydrogen) atoms. The number of nitrogens with one attached hydrogen (secondary N) is 2. The van der Waals surface area contributed by atoms with Crippen LogP contribution in [0.15, 0.2) is 54.6 Å². The molecule has 0 saturated carbocycles. The first kappa shape index (κ1) is 24.0. The maximum absolute atomic E-state index is 13.1. The van der Waals surface area contributed by atoms with E-state index in [2.05, 4.69) is 44.4 Å². The molecule has 1 aliphatic rings. The number of aromatic nitrogens is 1. The molecule has 0 spiro atoms. The van der Waals surface area contributed by atoms with Crippen LogP contribution in [0.3, 0.4) is 0 Å². The van der Waals surface area contributed by atoms with Crippen LogP contribution in [0, 0.1) is 0 Å². The molecule has 0 aliphatic carbocycles. The highest BCUT2D eigenvalue weighted by atomic mass is 35.5. The number of hydrogen-bond donors (Lipinski definition) is 2. The van der Waals surface area contributed by atoms with Crippen LogP contribution in [0.25, 0.3) is 17.0 Å². The summed E-state index contributed by atoms with van der Waals surface area (Å²) < 4.78 is 4.89. The fourth-order valence-electron chi connectivity index (χ4n) is 4.18. The summed E-state index contributed by atoms with van der Waals surface area (Å²) in [4.78, 5) is 33.0. The van der Waals surface area contributed by atoms with Crippen molar-refractivity contribution in [3.63, 3.8) is 0 Å². The number of carbonyl (C=O) groups is 2. The van der Waals surface area contributed by atoms with Crippen LogP contribution in [-0.2, 0) is 9.53 Å². The van der Waals surface area contributed by atoms with Crippen LogP contribution >= 0.6 is 11.6 Å². The molecule has 1 aromatic heterocycles. The first-order valence-electron chi connectivity index (χ1n) is 11.3. The second kappa shape index (κ2) is 10.9. The summed E-state index contributed by atoms with van der Waals surface area (Å²) in [5.74, 6) is -0.726. The van der Waals surface area contributed by atoms with E-state index >= 15 is 0 Å². The Kier molecular flexibility index (Phi) is 7.67. The predicted octanol–water partition coefficient (Wildman–Crippen LogP) is 4.27. The van der Waals surface area contributed by atoms with Gasteiger partial charge in [-0.2, -0.15) is 0 Å². The standard InChI is InChI=1S/C26H29ClN4O3/c1-18(31-15-13-30(14-16-31)12-6-9-19-7-4-3-5-8-19)25(32)29-23-21-17-20(27)10-11-22(21)28-24(23)26(33)34-2/h3-11,17-18,28H,12-16H2,1-2H3,(H,29,32)/b9-6+. The van der Waals surface area contributed by atoms with Crippen LogP contribution in [0.5, 0.6) is 0 Å². The van der Waals surface area contributed by atoms with Gasteiger partial charge >= 0.3 is 5.97 Å². The first-order valence-corrected chi connectivity index (χ1v) is 11.7. The molecule has 0 bridgehead atoms. The molecule has 3 aromatic rings. The molecular formula is C26H29ClN4O3. The zero-order valence-electron chi connectivity index (χ0n) is 19.4. The van der Waals surface area contributed by atoms with E-state index in [4.69, 9.17) is 16.3 Å². The number of esters is 1. The van der Waals surface area contributed by atoms with Gasteiger partial charge in [-0.05, 0) is 30.7 Å². The van der Waals surface area contributed by atoms with E-state index in [0.29, 0.717) is 21.6 Å². The molecule has 7 nitrogen and oxygen atoms in total. The van der Waals surface area contributed by atoms with E-state index in [1.54, 1.807) is 18.2 Å². The third-order valence-corrected chi connectivity index (χ3v) is 6.44. The van der Waals surface area contributed by atoms with Crippen molar-refractivity contribution in [1.29, 1.82) is 0 Å². The number of anilines is 1. The number of hydrogen-bond acceptors (Lipinski definition) is 5. The molecule has 1 unspecified atom stereocenters. The van der Waals surface area contributed by atoms with Crippen molar-refractivity contribution in [3.05, 3.63) is 70.9 Å². The minimum atomic E-state index is -0.549. The number of H-pyrrole nitrogens is 1. The Labute approximate surface area is 204 Å². The molecule has 2 N–H and O–H groups in total. The minimum absolute atomic E-state index is 0.177. The maximum Gasteiger partial charge on any atom is 0.356 e. The van der Waals surface area contributed by atoms with Gasteiger partial charge in [0.1, 0.15) is 5.69 Å². The van der Waals surface area contributed by atoms with Crippen molar-refractivity contribution >= 4 is 46.1 Å². The van der Waals surface area contributed by atoms with Gasteiger partial charge < -0.3 is 15.0 Å². The highest BCUT2D eigenvalue weighted by Crippen LogP contribution is 2.31. The number of fused-ring (bicyclic) bond motifs is 1. The van der Waals surface area contributed by atoms with Crippen molar-refractivity contribution in [2.45, 2.75) is 13.0 Å². The summed E-state index contributed by atoms with van der Waals surface area (Å²) in [6.45, 7) is 6.11. The van der Waals surface area contributed by atoms with Crippen LogP contribution in [-0.4, -0.2) is 72.5 Å². The molecular weight excluding hydrogens is 452 g/mol. The molecule has 1 amide bonds. The third kappa shape index (κ3) is 5.50. The lowest BCUT2D eigenvalue weighted by atomic mass is 10.1. The van der Waals surface area contributed by atoms with E-state index in [1.165, 1.54) is 12.7 Å². The number of aromatic amines is 1. The summed E-state index contributed by atoms with van der Waals surface area (Å²) >= 11 is 6.16. The van der Waals surface area contributed by atoms with E-state index in [0.717, 1.165) is 32.7 Å². The van der Waals surface area contributed by atoms with Gasteiger partial charge in [-0.15, -0.1) is 0 Å². The van der Waals surface area contributed by atoms with Gasteiger partial charge in [0.05, 0.1) is 18.8 Å². The van der Waals surface area contributed by atoms with Crippen LogP contribution < -0.4 is 5.32 Å². The number of carbonyl (C=O) groups excluding carboxylic acids is 2. The van der Waals surface area contributed by atoms with Crippen LogP contribution in [0.4, 0.5) is 5.69 Å². The predicted molar refractivity (Wildman–Crippen MR) is 136 cm³/mol. The fourth-order valence-corrected chi connectivity index (χ4v) is 4.35. The quantitative estimate of drug-likeness (QED) is 0.494. The number of ether oxygens (including phenoxy) is 1. The largest absolute Gasteiger partial charge is 0.464 e.